The van der Waals surface area contributed by atoms with Crippen molar-refractivity contribution in [2.45, 2.75) is 27.2 Å². The summed E-state index contributed by atoms with van der Waals surface area (Å²) in [6.45, 7) is 6.16. The van der Waals surface area contributed by atoms with E-state index in [0.717, 1.165) is 12.0 Å². The second kappa shape index (κ2) is 3.92. The molecular weight excluding hydrogens is 184 g/mol. The molecule has 0 fully saturated rings. The minimum absolute atomic E-state index is 0.482. The summed E-state index contributed by atoms with van der Waals surface area (Å²) < 4.78 is 0. The monoisotopic (exact) mass is 198 g/mol. The minimum atomic E-state index is -0.808. The maximum absolute atomic E-state index is 10.7. The number of rotatable bonds is 3. The van der Waals surface area contributed by atoms with Crippen LogP contribution in [0.15, 0.2) is 5.38 Å². The van der Waals surface area contributed by atoms with E-state index in [4.69, 9.17) is 5.11 Å². The Morgan fingerprint density at radius 1 is 1.62 bits per heavy atom. The van der Waals surface area contributed by atoms with E-state index in [1.54, 1.807) is 0 Å². The van der Waals surface area contributed by atoms with Gasteiger partial charge in [-0.15, -0.1) is 11.3 Å². The van der Waals surface area contributed by atoms with Crippen molar-refractivity contribution in [3.05, 3.63) is 21.4 Å². The minimum Gasteiger partial charge on any atom is -0.477 e. The number of hydrogen-bond donors (Lipinski definition) is 1. The lowest BCUT2D eigenvalue weighted by Gasteiger charge is -2.03. The van der Waals surface area contributed by atoms with Gasteiger partial charge in [-0.1, -0.05) is 13.8 Å². The molecule has 0 aliphatic rings. The molecule has 0 aromatic carbocycles. The summed E-state index contributed by atoms with van der Waals surface area (Å²) in [6, 6.07) is 0. The van der Waals surface area contributed by atoms with E-state index >= 15 is 0 Å². The molecule has 0 amide bonds. The third-order valence-corrected chi connectivity index (χ3v) is 3.08. The zero-order valence-corrected chi connectivity index (χ0v) is 8.94. The molecule has 1 aromatic heterocycles. The van der Waals surface area contributed by atoms with E-state index in [0.29, 0.717) is 10.8 Å². The maximum Gasteiger partial charge on any atom is 0.346 e. The van der Waals surface area contributed by atoms with Crippen LogP contribution in [0.2, 0.25) is 0 Å². The maximum atomic E-state index is 10.7. The van der Waals surface area contributed by atoms with Crippen molar-refractivity contribution in [1.29, 1.82) is 0 Å². The van der Waals surface area contributed by atoms with Crippen molar-refractivity contribution in [3.63, 3.8) is 0 Å². The molecule has 1 aromatic rings. The largest absolute Gasteiger partial charge is 0.477 e. The fourth-order valence-electron chi connectivity index (χ4n) is 1.30. The molecule has 0 saturated carbocycles. The summed E-state index contributed by atoms with van der Waals surface area (Å²) in [5.74, 6) is -0.229. The zero-order valence-electron chi connectivity index (χ0n) is 8.13. The highest BCUT2D eigenvalue weighted by Gasteiger charge is 2.13. The van der Waals surface area contributed by atoms with Gasteiger partial charge in [0.15, 0.2) is 0 Å². The van der Waals surface area contributed by atoms with E-state index in [-0.39, 0.29) is 0 Å². The van der Waals surface area contributed by atoms with Gasteiger partial charge < -0.3 is 5.11 Å². The molecule has 0 atom stereocenters. The van der Waals surface area contributed by atoms with Crippen LogP contribution >= 0.6 is 11.3 Å². The van der Waals surface area contributed by atoms with Gasteiger partial charge in [-0.3, -0.25) is 0 Å². The highest BCUT2D eigenvalue weighted by Crippen LogP contribution is 2.23. The molecule has 0 unspecified atom stereocenters. The number of aromatic carboxylic acids is 1. The smallest absolute Gasteiger partial charge is 0.346 e. The Morgan fingerprint density at radius 2 is 2.23 bits per heavy atom. The van der Waals surface area contributed by atoms with Crippen LogP contribution in [0.4, 0.5) is 0 Å². The Morgan fingerprint density at radius 3 is 2.62 bits per heavy atom. The molecule has 0 aliphatic carbocycles. The van der Waals surface area contributed by atoms with E-state index in [1.807, 2.05) is 12.3 Å². The van der Waals surface area contributed by atoms with Gasteiger partial charge >= 0.3 is 5.97 Å². The van der Waals surface area contributed by atoms with Gasteiger partial charge in [0.2, 0.25) is 0 Å². The van der Waals surface area contributed by atoms with Gasteiger partial charge in [0.25, 0.3) is 0 Å². The standard InChI is InChI=1S/C10H14O2S/c1-6(2)4-8-5-13-9(7(8)3)10(11)12/h5-6H,4H2,1-3H3,(H,11,12). The van der Waals surface area contributed by atoms with Gasteiger partial charge in [-0.25, -0.2) is 4.79 Å². The summed E-state index contributed by atoms with van der Waals surface area (Å²) >= 11 is 1.33. The van der Waals surface area contributed by atoms with Gasteiger partial charge in [-0.2, -0.15) is 0 Å². The lowest BCUT2D eigenvalue weighted by Crippen LogP contribution is -1.98. The van der Waals surface area contributed by atoms with Crippen molar-refractivity contribution < 1.29 is 9.90 Å². The quantitative estimate of drug-likeness (QED) is 0.810. The van der Waals surface area contributed by atoms with Crippen molar-refractivity contribution >= 4 is 17.3 Å². The average molecular weight is 198 g/mol. The predicted octanol–water partition coefficient (Wildman–Crippen LogP) is 2.95. The fraction of sp³-hybridized carbons (Fsp3) is 0.500. The van der Waals surface area contributed by atoms with Crippen molar-refractivity contribution in [1.82, 2.24) is 0 Å². The number of carboxylic acid groups (broad SMARTS) is 1. The molecule has 72 valence electrons. The van der Waals surface area contributed by atoms with Gasteiger partial charge in [-0.05, 0) is 35.8 Å². The Labute approximate surface area is 82.2 Å². The third kappa shape index (κ3) is 2.31. The molecule has 2 nitrogen and oxygen atoms in total. The first-order valence-corrected chi connectivity index (χ1v) is 5.20. The van der Waals surface area contributed by atoms with E-state index in [2.05, 4.69) is 13.8 Å². The van der Waals surface area contributed by atoms with Gasteiger partial charge in [0, 0.05) is 0 Å². The van der Waals surface area contributed by atoms with Crippen molar-refractivity contribution in [2.75, 3.05) is 0 Å². The molecule has 0 spiro atoms. The van der Waals surface area contributed by atoms with Crippen molar-refractivity contribution in [3.8, 4) is 0 Å². The van der Waals surface area contributed by atoms with Crippen LogP contribution in [0.5, 0.6) is 0 Å². The lowest BCUT2D eigenvalue weighted by molar-refractivity contribution is 0.0701. The normalized spacial score (nSPS) is 10.8. The van der Waals surface area contributed by atoms with Crippen molar-refractivity contribution in [2.24, 2.45) is 5.92 Å². The SMILES string of the molecule is Cc1c(CC(C)C)csc1C(=O)O. The topological polar surface area (TPSA) is 37.3 Å². The Kier molecular flexibility index (Phi) is 3.09. The molecule has 1 rings (SSSR count). The van der Waals surface area contributed by atoms with Crippen LogP contribution in [0.3, 0.4) is 0 Å². The Balaban J connectivity index is 2.93. The van der Waals surface area contributed by atoms with Gasteiger partial charge in [0.1, 0.15) is 4.88 Å². The second-order valence-corrected chi connectivity index (χ2v) is 4.50. The fourth-order valence-corrected chi connectivity index (χ4v) is 2.25. The molecule has 1 heterocycles. The highest BCUT2D eigenvalue weighted by atomic mass is 32.1. The average Bonchev–Trinajstić information content (AvgIpc) is 2.32. The summed E-state index contributed by atoms with van der Waals surface area (Å²) in [6.07, 6.45) is 0.968. The number of hydrogen-bond acceptors (Lipinski definition) is 2. The molecule has 0 aliphatic heterocycles. The lowest BCUT2D eigenvalue weighted by atomic mass is 10.0. The molecule has 3 heteroatoms. The molecule has 0 saturated heterocycles. The van der Waals surface area contributed by atoms with Crippen LogP contribution in [0, 0.1) is 12.8 Å². The molecule has 13 heavy (non-hydrogen) atoms. The Hall–Kier alpha value is -0.830. The van der Waals surface area contributed by atoms with Crippen LogP contribution < -0.4 is 0 Å². The molecule has 1 N–H and O–H groups in total. The first-order chi connectivity index (χ1) is 6.02. The highest BCUT2D eigenvalue weighted by molar-refractivity contribution is 7.12. The number of carboxylic acids is 1. The molecule has 0 radical (unpaired) electrons. The number of carbonyl (C=O) groups is 1. The summed E-state index contributed by atoms with van der Waals surface area (Å²) in [5, 5.41) is 10.8. The summed E-state index contributed by atoms with van der Waals surface area (Å²) in [4.78, 5) is 11.2. The van der Waals surface area contributed by atoms with Crippen LogP contribution in [0.1, 0.15) is 34.6 Å². The molecule has 0 bridgehead atoms. The van der Waals surface area contributed by atoms with Crippen LogP contribution in [-0.2, 0) is 6.42 Å². The van der Waals surface area contributed by atoms with E-state index < -0.39 is 5.97 Å². The van der Waals surface area contributed by atoms with Crippen LogP contribution in [0.25, 0.3) is 0 Å². The third-order valence-electron chi connectivity index (χ3n) is 1.96. The zero-order chi connectivity index (χ0) is 10.0. The molecular formula is C10H14O2S. The van der Waals surface area contributed by atoms with Gasteiger partial charge in [0.05, 0.1) is 0 Å². The predicted molar refractivity (Wildman–Crippen MR) is 54.6 cm³/mol. The Bertz CT molecular complexity index is 313. The van der Waals surface area contributed by atoms with E-state index in [9.17, 15) is 4.79 Å². The summed E-state index contributed by atoms with van der Waals surface area (Å²) in [5.41, 5.74) is 2.11. The van der Waals surface area contributed by atoms with Crippen LogP contribution in [-0.4, -0.2) is 11.1 Å². The second-order valence-electron chi connectivity index (χ2n) is 3.62. The summed E-state index contributed by atoms with van der Waals surface area (Å²) in [7, 11) is 0. The number of thiophene rings is 1. The van der Waals surface area contributed by atoms with E-state index in [1.165, 1.54) is 16.9 Å². The first kappa shape index (κ1) is 10.3. The first-order valence-electron chi connectivity index (χ1n) is 4.32.